The van der Waals surface area contributed by atoms with Gasteiger partial charge in [-0.2, -0.15) is 0 Å². The van der Waals surface area contributed by atoms with Gasteiger partial charge in [0.25, 0.3) is 0 Å². The van der Waals surface area contributed by atoms with Crippen LogP contribution < -0.4 is 20.3 Å². The van der Waals surface area contributed by atoms with Crippen LogP contribution in [0.5, 0.6) is 5.75 Å². The number of nitrogens with zero attached hydrogens (tertiary/aromatic N) is 3. The maximum absolute atomic E-state index is 11.9. The van der Waals surface area contributed by atoms with Crippen LogP contribution in [0.4, 0.5) is 11.4 Å². The fraction of sp³-hybridized carbons (Fsp3) is 0.292. The van der Waals surface area contributed by atoms with Crippen LogP contribution in [0.25, 0.3) is 0 Å². The number of hydrogen-bond acceptors (Lipinski definition) is 4. The molecule has 3 heterocycles. The van der Waals surface area contributed by atoms with E-state index in [2.05, 4.69) is 51.2 Å². The first-order valence-electron chi connectivity index (χ1n) is 10.5. The van der Waals surface area contributed by atoms with Crippen molar-refractivity contribution in [1.82, 2.24) is 14.9 Å². The molecule has 2 atom stereocenters. The minimum Gasteiger partial charge on any atom is -0.494 e. The van der Waals surface area contributed by atoms with Crippen molar-refractivity contribution in [1.29, 1.82) is 0 Å². The highest BCUT2D eigenvalue weighted by Gasteiger charge is 2.42. The lowest BCUT2D eigenvalue weighted by molar-refractivity contribution is -0.115. The normalized spacial score (nSPS) is 17.9. The van der Waals surface area contributed by atoms with Crippen molar-refractivity contribution < 1.29 is 9.53 Å². The van der Waals surface area contributed by atoms with E-state index in [9.17, 15) is 4.79 Å². The predicted octanol–water partition coefficient (Wildman–Crippen LogP) is 4.26. The van der Waals surface area contributed by atoms with Gasteiger partial charge in [0.2, 0.25) is 5.91 Å². The molecule has 32 heavy (non-hydrogen) atoms. The Bertz CT molecular complexity index is 1140. The lowest BCUT2D eigenvalue weighted by atomic mass is 10.0. The van der Waals surface area contributed by atoms with Gasteiger partial charge < -0.3 is 24.8 Å². The van der Waals surface area contributed by atoms with Crippen molar-refractivity contribution in [2.24, 2.45) is 7.05 Å². The average Bonchev–Trinajstić information content (AvgIpc) is 3.33. The fourth-order valence-corrected chi connectivity index (χ4v) is 4.38. The van der Waals surface area contributed by atoms with Crippen molar-refractivity contribution in [2.75, 3.05) is 17.3 Å². The topological polar surface area (TPSA) is 71.4 Å². The number of amides is 1. The van der Waals surface area contributed by atoms with E-state index in [1.807, 2.05) is 43.3 Å². The Morgan fingerprint density at radius 2 is 2.06 bits per heavy atom. The van der Waals surface area contributed by atoms with E-state index in [0.717, 1.165) is 22.8 Å². The summed E-state index contributed by atoms with van der Waals surface area (Å²) < 4.78 is 7.76. The summed E-state index contributed by atoms with van der Waals surface area (Å²) >= 11 is 5.79. The Kier molecular flexibility index (Phi) is 6.14. The van der Waals surface area contributed by atoms with Crippen LogP contribution in [-0.2, 0) is 11.8 Å². The van der Waals surface area contributed by atoms with Gasteiger partial charge in [-0.25, -0.2) is 0 Å². The molecule has 0 aliphatic carbocycles. The summed E-state index contributed by atoms with van der Waals surface area (Å²) in [6.45, 7) is 3.90. The molecule has 4 rings (SSSR count). The number of anilines is 2. The largest absolute Gasteiger partial charge is 0.494 e. The molecule has 1 aliphatic rings. The first kappa shape index (κ1) is 21.8. The zero-order valence-electron chi connectivity index (χ0n) is 18.6. The minimum absolute atomic E-state index is 0.0678. The molecule has 0 radical (unpaired) electrons. The number of rotatable bonds is 6. The van der Waals surface area contributed by atoms with Gasteiger partial charge >= 0.3 is 0 Å². The smallest absolute Gasteiger partial charge is 0.224 e. The lowest BCUT2D eigenvalue weighted by Gasteiger charge is -2.29. The summed E-state index contributed by atoms with van der Waals surface area (Å²) in [7, 11) is 3.65. The van der Waals surface area contributed by atoms with E-state index in [-0.39, 0.29) is 18.0 Å². The van der Waals surface area contributed by atoms with Crippen LogP contribution in [-0.4, -0.2) is 27.7 Å². The van der Waals surface area contributed by atoms with E-state index in [0.29, 0.717) is 23.0 Å². The SMILES string of the molecule is CCC(=O)Nc1ccc(N2C(=S)N[C@H](c3ccccn3)[C@@H]2c2ccc(C)n2C)cc1OC. The molecular formula is C24H27N5O2S. The first-order chi connectivity index (χ1) is 15.4. The van der Waals surface area contributed by atoms with Crippen molar-refractivity contribution >= 4 is 34.6 Å². The summed E-state index contributed by atoms with van der Waals surface area (Å²) in [5.74, 6) is 0.511. The zero-order chi connectivity index (χ0) is 22.8. The standard InChI is InChI=1S/C24H27N5O2S/c1-5-21(30)26-17-11-10-16(14-20(17)31-4)29-23(19-12-9-15(2)28(19)3)22(27-24(29)32)18-8-6-7-13-25-18/h6-14,22-23H,5H2,1-4H3,(H,26,30)(H,27,32)/t22-,23+/m1/s1. The van der Waals surface area contributed by atoms with Gasteiger partial charge in [0.15, 0.2) is 5.11 Å². The third kappa shape index (κ3) is 3.93. The van der Waals surface area contributed by atoms with Crippen molar-refractivity contribution in [3.8, 4) is 5.75 Å². The molecule has 3 aromatic rings. The number of methoxy groups -OCH3 is 1. The van der Waals surface area contributed by atoms with Crippen molar-refractivity contribution in [2.45, 2.75) is 32.4 Å². The Balaban J connectivity index is 1.80. The quantitative estimate of drug-likeness (QED) is 0.548. The number of carbonyl (C=O) groups excluding carboxylic acids is 1. The highest BCUT2D eigenvalue weighted by Crippen LogP contribution is 2.43. The molecule has 7 nitrogen and oxygen atoms in total. The van der Waals surface area contributed by atoms with Crippen LogP contribution in [0.3, 0.4) is 0 Å². The molecule has 2 aromatic heterocycles. The Hall–Kier alpha value is -3.39. The molecule has 166 valence electrons. The monoisotopic (exact) mass is 449 g/mol. The Morgan fingerprint density at radius 1 is 1.25 bits per heavy atom. The number of aryl methyl sites for hydroxylation is 1. The molecular weight excluding hydrogens is 422 g/mol. The number of aromatic nitrogens is 2. The summed E-state index contributed by atoms with van der Waals surface area (Å²) in [5.41, 5.74) is 4.70. The average molecular weight is 450 g/mol. The second-order valence-corrected chi connectivity index (χ2v) is 8.13. The number of ether oxygens (including phenoxy) is 1. The molecule has 1 amide bonds. The van der Waals surface area contributed by atoms with Crippen LogP contribution >= 0.6 is 12.2 Å². The van der Waals surface area contributed by atoms with Crippen LogP contribution in [0.1, 0.15) is 42.5 Å². The maximum Gasteiger partial charge on any atom is 0.224 e. The number of hydrogen-bond donors (Lipinski definition) is 2. The number of benzene rings is 1. The second kappa shape index (κ2) is 9.00. The molecule has 1 saturated heterocycles. The van der Waals surface area contributed by atoms with Crippen LogP contribution in [0, 0.1) is 6.92 Å². The fourth-order valence-electron chi connectivity index (χ4n) is 4.04. The molecule has 1 fully saturated rings. The molecule has 0 spiro atoms. The van der Waals surface area contributed by atoms with E-state index in [1.54, 1.807) is 13.3 Å². The van der Waals surface area contributed by atoms with Gasteiger partial charge in [-0.15, -0.1) is 0 Å². The summed E-state index contributed by atoms with van der Waals surface area (Å²) in [6, 6.07) is 15.6. The number of nitrogens with one attached hydrogen (secondary N) is 2. The first-order valence-corrected chi connectivity index (χ1v) is 11.0. The van der Waals surface area contributed by atoms with Gasteiger partial charge in [-0.3, -0.25) is 9.78 Å². The third-order valence-corrected chi connectivity index (χ3v) is 6.19. The molecule has 2 N–H and O–H groups in total. The van der Waals surface area contributed by atoms with Gasteiger partial charge in [0.1, 0.15) is 11.8 Å². The summed E-state index contributed by atoms with van der Waals surface area (Å²) in [6.07, 6.45) is 2.19. The summed E-state index contributed by atoms with van der Waals surface area (Å²) in [4.78, 5) is 18.6. The highest BCUT2D eigenvalue weighted by atomic mass is 32.1. The molecule has 8 heteroatoms. The number of carbonyl (C=O) groups is 1. The van der Waals surface area contributed by atoms with Gasteiger partial charge in [0, 0.05) is 42.8 Å². The lowest BCUT2D eigenvalue weighted by Crippen LogP contribution is -2.30. The second-order valence-electron chi connectivity index (χ2n) is 7.74. The van der Waals surface area contributed by atoms with Crippen LogP contribution in [0.2, 0.25) is 0 Å². The van der Waals surface area contributed by atoms with Crippen LogP contribution in [0.15, 0.2) is 54.7 Å². The number of pyridine rings is 1. The molecule has 0 saturated carbocycles. The molecule has 1 aliphatic heterocycles. The van der Waals surface area contributed by atoms with Crippen molar-refractivity contribution in [3.63, 3.8) is 0 Å². The zero-order valence-corrected chi connectivity index (χ0v) is 19.4. The van der Waals surface area contributed by atoms with Gasteiger partial charge in [-0.1, -0.05) is 13.0 Å². The Morgan fingerprint density at radius 3 is 2.69 bits per heavy atom. The van der Waals surface area contributed by atoms with Gasteiger partial charge in [-0.05, 0) is 55.5 Å². The summed E-state index contributed by atoms with van der Waals surface area (Å²) in [5, 5.41) is 6.96. The van der Waals surface area contributed by atoms with E-state index in [4.69, 9.17) is 17.0 Å². The molecule has 0 unspecified atom stereocenters. The number of thiocarbonyl (C=S) groups is 1. The molecule has 0 bridgehead atoms. The van der Waals surface area contributed by atoms with E-state index >= 15 is 0 Å². The minimum atomic E-state index is -0.123. The third-order valence-electron chi connectivity index (χ3n) is 5.87. The highest BCUT2D eigenvalue weighted by molar-refractivity contribution is 7.80. The molecule has 1 aromatic carbocycles. The maximum atomic E-state index is 11.9. The Labute approximate surface area is 193 Å². The van der Waals surface area contributed by atoms with Gasteiger partial charge in [0.05, 0.1) is 24.5 Å². The van der Waals surface area contributed by atoms with E-state index in [1.165, 1.54) is 0 Å². The van der Waals surface area contributed by atoms with E-state index < -0.39 is 0 Å². The predicted molar refractivity (Wildman–Crippen MR) is 130 cm³/mol. The van der Waals surface area contributed by atoms with Crippen molar-refractivity contribution in [3.05, 3.63) is 71.8 Å².